The van der Waals surface area contributed by atoms with Gasteiger partial charge in [-0.25, -0.2) is 0 Å². The van der Waals surface area contributed by atoms with E-state index in [9.17, 15) is 19.4 Å². The van der Waals surface area contributed by atoms with Gasteiger partial charge in [0.25, 0.3) is 7.82 Å². The second-order valence-corrected chi connectivity index (χ2v) is 24.9. The largest absolute Gasteiger partial charge is 0.756 e. The molecular formula is C68H127N2O6P. The molecule has 8 nitrogen and oxygen atoms in total. The van der Waals surface area contributed by atoms with Crippen molar-refractivity contribution in [2.45, 2.75) is 315 Å². The fraction of sp³-hybridized carbons (Fsp3) is 0.809. The Labute approximate surface area is 478 Å². The summed E-state index contributed by atoms with van der Waals surface area (Å²) in [4.78, 5) is 25.6. The Morgan fingerprint density at radius 3 is 1.16 bits per heavy atom. The Morgan fingerprint density at radius 1 is 0.468 bits per heavy atom. The zero-order chi connectivity index (χ0) is 56.3. The van der Waals surface area contributed by atoms with Gasteiger partial charge in [-0.3, -0.25) is 9.36 Å². The minimum atomic E-state index is -4.59. The molecule has 0 aromatic carbocycles. The highest BCUT2D eigenvalue weighted by molar-refractivity contribution is 7.45. The summed E-state index contributed by atoms with van der Waals surface area (Å²) in [5, 5.41) is 14.1. The van der Waals surface area contributed by atoms with E-state index in [0.717, 1.165) is 89.9 Å². The lowest BCUT2D eigenvalue weighted by Crippen LogP contribution is -2.46. The van der Waals surface area contributed by atoms with Gasteiger partial charge in [-0.2, -0.15) is 0 Å². The van der Waals surface area contributed by atoms with Crippen molar-refractivity contribution in [3.05, 3.63) is 72.9 Å². The number of carbonyl (C=O) groups is 1. The molecule has 0 aliphatic heterocycles. The van der Waals surface area contributed by atoms with Crippen molar-refractivity contribution in [2.75, 3.05) is 40.9 Å². The highest BCUT2D eigenvalue weighted by atomic mass is 31.2. The topological polar surface area (TPSA) is 108 Å². The van der Waals surface area contributed by atoms with Gasteiger partial charge in [-0.15, -0.1) is 0 Å². The zero-order valence-corrected chi connectivity index (χ0v) is 52.3. The molecule has 3 atom stereocenters. The minimum absolute atomic E-state index is 0.00599. The second kappa shape index (κ2) is 58.6. The van der Waals surface area contributed by atoms with Gasteiger partial charge in [0.15, 0.2) is 0 Å². The number of likely N-dealkylation sites (N-methyl/N-ethyl adjacent to an activating group) is 1. The predicted octanol–water partition coefficient (Wildman–Crippen LogP) is 20.0. The van der Waals surface area contributed by atoms with Crippen LogP contribution < -0.4 is 10.2 Å². The summed E-state index contributed by atoms with van der Waals surface area (Å²) in [6.45, 7) is 4.63. The molecule has 0 rings (SSSR count). The van der Waals surface area contributed by atoms with Crippen LogP contribution in [0.4, 0.5) is 0 Å². The lowest BCUT2D eigenvalue weighted by molar-refractivity contribution is -0.870. The van der Waals surface area contributed by atoms with Crippen molar-refractivity contribution in [3.8, 4) is 0 Å². The van der Waals surface area contributed by atoms with Crippen molar-refractivity contribution in [2.24, 2.45) is 0 Å². The van der Waals surface area contributed by atoms with Crippen LogP contribution in [0.1, 0.15) is 303 Å². The first kappa shape index (κ1) is 74.9. The number of rotatable bonds is 60. The summed E-state index contributed by atoms with van der Waals surface area (Å²) in [6, 6.07) is -0.815. The second-order valence-electron chi connectivity index (χ2n) is 23.4. The number of amides is 1. The molecule has 0 radical (unpaired) electrons. The number of phosphoric ester groups is 1. The Bertz CT molecular complexity index is 1480. The first-order valence-electron chi connectivity index (χ1n) is 32.8. The van der Waals surface area contributed by atoms with E-state index in [1.54, 1.807) is 0 Å². The van der Waals surface area contributed by atoms with Crippen LogP contribution in [-0.2, 0) is 18.4 Å². The maximum absolute atomic E-state index is 13.0. The Kier molecular flexibility index (Phi) is 57.0. The molecule has 0 heterocycles. The number of aliphatic hydroxyl groups is 1. The van der Waals surface area contributed by atoms with Crippen molar-refractivity contribution in [1.29, 1.82) is 0 Å². The molecule has 450 valence electrons. The Balaban J connectivity index is 4.11. The SMILES string of the molecule is CC/C=C\C/C=C\C/C=C\C/C=C\C/C=C\C/C=C\CCCCCCCCC(=O)NC(COP(=O)([O-])OCC[N+](C)(C)C)C(O)CCCCCCCCCCCCCCCCCCCCCCCCCCCCCCCC. The molecule has 2 N–H and O–H groups in total. The highest BCUT2D eigenvalue weighted by Crippen LogP contribution is 2.38. The smallest absolute Gasteiger partial charge is 0.268 e. The van der Waals surface area contributed by atoms with Crippen molar-refractivity contribution < 1.29 is 32.9 Å². The van der Waals surface area contributed by atoms with Crippen LogP contribution in [0.2, 0.25) is 0 Å². The molecule has 0 aromatic heterocycles. The quantitative estimate of drug-likeness (QED) is 0.0272. The number of hydrogen-bond donors (Lipinski definition) is 2. The van der Waals surface area contributed by atoms with E-state index in [2.05, 4.69) is 92.1 Å². The van der Waals surface area contributed by atoms with E-state index in [4.69, 9.17) is 9.05 Å². The molecule has 0 saturated heterocycles. The standard InChI is InChI=1S/C68H127N2O6P/c1-6-8-10-12-14-16-18-20-22-24-26-28-30-32-33-34-35-36-38-39-41-43-45-47-49-51-53-55-57-59-61-67(71)66(65-76-77(73,74)75-64-63-70(3,4)5)69-68(72)62-60-58-56-54-52-50-48-46-44-42-40-37-31-29-27-25-23-21-19-17-15-13-11-9-7-2/h9,11,15,17,21,23,27,29,37,40,44,46,66-67,71H,6-8,10,12-14,16,18-20,22,24-26,28,30-36,38-39,41-43,45,47-65H2,1-5H3,(H-,69,72,73,74)/b11-9-,17-15-,23-21-,29-27-,40-37-,46-44-. The molecule has 0 spiro atoms. The fourth-order valence-electron chi connectivity index (χ4n) is 9.64. The van der Waals surface area contributed by atoms with Crippen LogP contribution in [-0.4, -0.2) is 68.5 Å². The van der Waals surface area contributed by atoms with Crippen molar-refractivity contribution in [3.63, 3.8) is 0 Å². The van der Waals surface area contributed by atoms with E-state index in [0.29, 0.717) is 23.9 Å². The number of nitrogens with zero attached hydrogens (tertiary/aromatic N) is 1. The monoisotopic (exact) mass is 1100 g/mol. The van der Waals surface area contributed by atoms with Gasteiger partial charge in [0.05, 0.1) is 39.9 Å². The fourth-order valence-corrected chi connectivity index (χ4v) is 10.4. The van der Waals surface area contributed by atoms with E-state index < -0.39 is 20.0 Å². The van der Waals surface area contributed by atoms with Crippen molar-refractivity contribution in [1.82, 2.24) is 5.32 Å². The van der Waals surface area contributed by atoms with Gasteiger partial charge in [-0.05, 0) is 64.2 Å². The molecule has 0 aromatic rings. The molecule has 0 fully saturated rings. The minimum Gasteiger partial charge on any atom is -0.756 e. The average molecular weight is 1100 g/mol. The van der Waals surface area contributed by atoms with Gasteiger partial charge in [0.2, 0.25) is 5.91 Å². The summed E-state index contributed by atoms with van der Waals surface area (Å²) in [6.07, 6.45) is 81.0. The van der Waals surface area contributed by atoms with E-state index in [1.807, 2.05) is 21.1 Å². The lowest BCUT2D eigenvalue weighted by atomic mass is 10.0. The van der Waals surface area contributed by atoms with Gasteiger partial charge in [-0.1, -0.05) is 305 Å². The van der Waals surface area contributed by atoms with E-state index in [1.165, 1.54) is 186 Å². The lowest BCUT2D eigenvalue weighted by Gasteiger charge is -2.30. The summed E-state index contributed by atoms with van der Waals surface area (Å²) < 4.78 is 23.5. The summed E-state index contributed by atoms with van der Waals surface area (Å²) in [5.74, 6) is -0.178. The highest BCUT2D eigenvalue weighted by Gasteiger charge is 2.24. The van der Waals surface area contributed by atoms with Crippen LogP contribution >= 0.6 is 7.82 Å². The number of allylic oxidation sites excluding steroid dienone is 12. The van der Waals surface area contributed by atoms with Gasteiger partial charge < -0.3 is 28.8 Å². The molecule has 0 aliphatic rings. The summed E-state index contributed by atoms with van der Waals surface area (Å²) in [7, 11) is 1.29. The molecular weight excluding hydrogens is 972 g/mol. The number of quaternary nitrogens is 1. The molecule has 77 heavy (non-hydrogen) atoms. The molecule has 1 amide bonds. The third-order valence-electron chi connectivity index (χ3n) is 14.7. The third kappa shape index (κ3) is 61.4. The number of nitrogens with one attached hydrogen (secondary N) is 1. The number of phosphoric acid groups is 1. The number of aliphatic hydroxyl groups excluding tert-OH is 1. The van der Waals surface area contributed by atoms with E-state index >= 15 is 0 Å². The predicted molar refractivity (Wildman–Crippen MR) is 334 cm³/mol. The average Bonchev–Trinajstić information content (AvgIpc) is 3.39. The van der Waals surface area contributed by atoms with Gasteiger partial charge in [0, 0.05) is 6.42 Å². The normalized spacial score (nSPS) is 14.2. The molecule has 0 aliphatic carbocycles. The number of hydrogen-bond acceptors (Lipinski definition) is 6. The number of unbranched alkanes of at least 4 members (excludes halogenated alkanes) is 35. The van der Waals surface area contributed by atoms with Crippen LogP contribution in [0.15, 0.2) is 72.9 Å². The van der Waals surface area contributed by atoms with Crippen molar-refractivity contribution >= 4 is 13.7 Å². The first-order valence-corrected chi connectivity index (χ1v) is 34.2. The molecule has 0 bridgehead atoms. The maximum Gasteiger partial charge on any atom is 0.268 e. The number of carbonyl (C=O) groups excluding carboxylic acids is 1. The zero-order valence-electron chi connectivity index (χ0n) is 51.4. The molecule has 9 heteroatoms. The van der Waals surface area contributed by atoms with Crippen LogP contribution in [0.25, 0.3) is 0 Å². The first-order chi connectivity index (χ1) is 37.5. The Hall–Kier alpha value is -2.06. The van der Waals surface area contributed by atoms with Gasteiger partial charge in [0.1, 0.15) is 13.2 Å². The van der Waals surface area contributed by atoms with E-state index in [-0.39, 0.29) is 19.1 Å². The maximum atomic E-state index is 13.0. The van der Waals surface area contributed by atoms with Crippen LogP contribution in [0.3, 0.4) is 0 Å². The Morgan fingerprint density at radius 2 is 0.792 bits per heavy atom. The summed E-state index contributed by atoms with van der Waals surface area (Å²) >= 11 is 0. The third-order valence-corrected chi connectivity index (χ3v) is 15.7. The van der Waals surface area contributed by atoms with Crippen LogP contribution in [0.5, 0.6) is 0 Å². The van der Waals surface area contributed by atoms with Crippen LogP contribution in [0, 0.1) is 0 Å². The molecule has 3 unspecified atom stereocenters. The summed E-state index contributed by atoms with van der Waals surface area (Å²) in [5.41, 5.74) is 0. The van der Waals surface area contributed by atoms with Gasteiger partial charge >= 0.3 is 0 Å². The molecule has 0 saturated carbocycles.